The minimum Gasteiger partial charge on any atom is -0.394 e. The van der Waals surface area contributed by atoms with E-state index in [2.05, 4.69) is 43.5 Å². The second-order valence-electron chi connectivity index (χ2n) is 14.5. The average Bonchev–Trinajstić information content (AvgIpc) is 3.11. The van der Waals surface area contributed by atoms with Crippen LogP contribution >= 0.6 is 0 Å². The quantitative estimate of drug-likeness (QED) is 0.0384. The molecule has 0 rings (SSSR count). The fraction of sp³-hybridized carbons (Fsp3) is 0.841. The first-order valence-electron chi connectivity index (χ1n) is 21.3. The summed E-state index contributed by atoms with van der Waals surface area (Å²) >= 11 is 0. The number of aliphatic hydroxyl groups excluding tert-OH is 3. The smallest absolute Gasteiger partial charge is 0.249 e. The number of aliphatic hydroxyl groups is 3. The van der Waals surface area contributed by atoms with Gasteiger partial charge in [0, 0.05) is 0 Å². The summed E-state index contributed by atoms with van der Waals surface area (Å²) in [7, 11) is 0. The Morgan fingerprint density at radius 1 is 0.490 bits per heavy atom. The molecular weight excluding hydrogens is 606 g/mol. The Morgan fingerprint density at radius 3 is 1.24 bits per heavy atom. The third-order valence-corrected chi connectivity index (χ3v) is 9.70. The van der Waals surface area contributed by atoms with Gasteiger partial charge in [-0.15, -0.1) is 0 Å². The van der Waals surface area contributed by atoms with E-state index in [0.717, 1.165) is 38.5 Å². The van der Waals surface area contributed by atoms with E-state index in [4.69, 9.17) is 0 Å². The van der Waals surface area contributed by atoms with E-state index >= 15 is 0 Å². The largest absolute Gasteiger partial charge is 0.394 e. The minimum absolute atomic E-state index is 0.378. The van der Waals surface area contributed by atoms with Crippen molar-refractivity contribution in [2.24, 2.45) is 0 Å². The molecule has 49 heavy (non-hydrogen) atoms. The van der Waals surface area contributed by atoms with Gasteiger partial charge in [0.1, 0.15) is 6.10 Å². The molecule has 0 aliphatic heterocycles. The van der Waals surface area contributed by atoms with Crippen LogP contribution in [0.2, 0.25) is 0 Å². The molecule has 0 aromatic carbocycles. The van der Waals surface area contributed by atoms with E-state index in [0.29, 0.717) is 6.42 Å². The first-order valence-corrected chi connectivity index (χ1v) is 21.3. The Labute approximate surface area is 304 Å². The van der Waals surface area contributed by atoms with Gasteiger partial charge in [-0.25, -0.2) is 0 Å². The molecule has 0 spiro atoms. The normalized spacial score (nSPS) is 14.0. The third kappa shape index (κ3) is 34.8. The highest BCUT2D eigenvalue weighted by Gasteiger charge is 2.22. The lowest BCUT2D eigenvalue weighted by Gasteiger charge is -2.21. The van der Waals surface area contributed by atoms with Crippen LogP contribution in [0.3, 0.4) is 0 Å². The number of rotatable bonds is 38. The highest BCUT2D eigenvalue weighted by Crippen LogP contribution is 2.14. The molecule has 0 aliphatic carbocycles. The van der Waals surface area contributed by atoms with Crippen molar-refractivity contribution in [2.75, 3.05) is 6.61 Å². The fourth-order valence-electron chi connectivity index (χ4n) is 6.31. The Hall–Kier alpha value is -1.43. The van der Waals surface area contributed by atoms with Crippen LogP contribution in [-0.2, 0) is 4.79 Å². The van der Waals surface area contributed by atoms with Crippen LogP contribution in [0.25, 0.3) is 0 Å². The number of hydrogen-bond donors (Lipinski definition) is 4. The molecule has 0 bridgehead atoms. The van der Waals surface area contributed by atoms with E-state index in [1.165, 1.54) is 154 Å². The molecule has 0 heterocycles. The van der Waals surface area contributed by atoms with Crippen molar-refractivity contribution >= 4 is 5.91 Å². The van der Waals surface area contributed by atoms with E-state index in [-0.39, 0.29) is 6.61 Å². The lowest BCUT2D eigenvalue weighted by Crippen LogP contribution is -2.48. The number of unbranched alkanes of at least 4 members (excludes halogenated alkanes) is 26. The molecule has 3 atom stereocenters. The molecule has 0 saturated carbocycles. The average molecular weight is 690 g/mol. The molecule has 4 N–H and O–H groups in total. The summed E-state index contributed by atoms with van der Waals surface area (Å²) in [6, 6.07) is -0.815. The van der Waals surface area contributed by atoms with Gasteiger partial charge in [0.05, 0.1) is 18.8 Å². The highest BCUT2D eigenvalue weighted by atomic mass is 16.3. The van der Waals surface area contributed by atoms with Crippen LogP contribution in [0.15, 0.2) is 36.5 Å². The predicted octanol–water partition coefficient (Wildman–Crippen LogP) is 12.0. The van der Waals surface area contributed by atoms with Gasteiger partial charge in [-0.3, -0.25) is 4.79 Å². The lowest BCUT2D eigenvalue weighted by atomic mass is 10.0. The van der Waals surface area contributed by atoms with Crippen molar-refractivity contribution in [1.82, 2.24) is 5.32 Å². The molecule has 288 valence electrons. The van der Waals surface area contributed by atoms with Crippen molar-refractivity contribution in [2.45, 2.75) is 231 Å². The molecular formula is C44H83NO4. The van der Waals surface area contributed by atoms with Crippen LogP contribution in [0.4, 0.5) is 0 Å². The van der Waals surface area contributed by atoms with Crippen molar-refractivity contribution in [3.63, 3.8) is 0 Å². The third-order valence-electron chi connectivity index (χ3n) is 9.70. The fourth-order valence-corrected chi connectivity index (χ4v) is 6.31. The molecule has 5 nitrogen and oxygen atoms in total. The maximum atomic E-state index is 12.4. The van der Waals surface area contributed by atoms with Crippen molar-refractivity contribution in [3.8, 4) is 0 Å². The van der Waals surface area contributed by atoms with Gasteiger partial charge >= 0.3 is 0 Å². The number of allylic oxidation sites excluding steroid dienone is 5. The van der Waals surface area contributed by atoms with Crippen molar-refractivity contribution < 1.29 is 20.1 Å². The molecule has 5 heteroatoms. The SMILES string of the molecule is CCCCCCCCCC/C=C\CCCCCCCCC(O)C(=O)NC(CO)C(O)/C=C/CC/C=C/CCCCCCCCCCCCC. The Kier molecular flexibility index (Phi) is 38.2. The van der Waals surface area contributed by atoms with Gasteiger partial charge in [0.2, 0.25) is 5.91 Å². The van der Waals surface area contributed by atoms with Gasteiger partial charge in [0.25, 0.3) is 0 Å². The Bertz CT molecular complexity index is 764. The second kappa shape index (κ2) is 39.4. The molecule has 3 unspecified atom stereocenters. The van der Waals surface area contributed by atoms with Gasteiger partial charge in [-0.05, 0) is 57.8 Å². The maximum Gasteiger partial charge on any atom is 0.249 e. The molecule has 0 fully saturated rings. The zero-order valence-electron chi connectivity index (χ0n) is 32.6. The Morgan fingerprint density at radius 2 is 0.837 bits per heavy atom. The molecule has 0 aromatic rings. The summed E-state index contributed by atoms with van der Waals surface area (Å²) in [4.78, 5) is 12.4. The van der Waals surface area contributed by atoms with Crippen LogP contribution in [0.5, 0.6) is 0 Å². The van der Waals surface area contributed by atoms with Crippen LogP contribution in [0, 0.1) is 0 Å². The molecule has 0 aromatic heterocycles. The van der Waals surface area contributed by atoms with E-state index in [9.17, 15) is 20.1 Å². The zero-order chi connectivity index (χ0) is 35.9. The molecule has 0 aliphatic rings. The van der Waals surface area contributed by atoms with E-state index in [1.54, 1.807) is 6.08 Å². The summed E-state index contributed by atoms with van der Waals surface area (Å²) in [5.74, 6) is -0.518. The second-order valence-corrected chi connectivity index (χ2v) is 14.5. The summed E-state index contributed by atoms with van der Waals surface area (Å²) in [6.45, 7) is 4.16. The number of carbonyl (C=O) groups excluding carboxylic acids is 1. The van der Waals surface area contributed by atoms with E-state index in [1.807, 2.05) is 6.08 Å². The number of nitrogens with one attached hydrogen (secondary N) is 1. The van der Waals surface area contributed by atoms with Gasteiger partial charge in [-0.1, -0.05) is 192 Å². The first-order chi connectivity index (χ1) is 24.1. The topological polar surface area (TPSA) is 89.8 Å². The molecule has 1 amide bonds. The van der Waals surface area contributed by atoms with Crippen molar-refractivity contribution in [1.29, 1.82) is 0 Å². The van der Waals surface area contributed by atoms with Crippen LogP contribution in [0.1, 0.15) is 213 Å². The van der Waals surface area contributed by atoms with E-state index < -0.39 is 24.2 Å². The predicted molar refractivity (Wildman–Crippen MR) is 213 cm³/mol. The summed E-state index contributed by atoms with van der Waals surface area (Å²) in [6.07, 6.45) is 48.8. The molecule has 0 saturated heterocycles. The van der Waals surface area contributed by atoms with Crippen molar-refractivity contribution in [3.05, 3.63) is 36.5 Å². The maximum absolute atomic E-state index is 12.4. The zero-order valence-corrected chi connectivity index (χ0v) is 32.6. The van der Waals surface area contributed by atoms with Crippen LogP contribution < -0.4 is 5.32 Å². The van der Waals surface area contributed by atoms with Gasteiger partial charge in [-0.2, -0.15) is 0 Å². The van der Waals surface area contributed by atoms with Gasteiger partial charge in [0.15, 0.2) is 0 Å². The molecule has 0 radical (unpaired) electrons. The number of hydrogen-bond acceptors (Lipinski definition) is 4. The minimum atomic E-state index is -1.11. The summed E-state index contributed by atoms with van der Waals surface area (Å²) < 4.78 is 0. The number of amides is 1. The standard InChI is InChI=1S/C44H83NO4/c1-3-5-7-9-11-13-15-17-19-21-23-25-27-29-31-33-35-37-39-43(48)44(49)45-41(40-46)42(47)38-36-34-32-30-28-26-24-22-20-18-16-14-12-10-8-6-4-2/h21,23,28,30,36,38,41-43,46-48H,3-20,22,24-27,29,31-35,37,39-40H2,1-2H3,(H,45,49)/b23-21-,30-28+,38-36+. The summed E-state index contributed by atoms with van der Waals surface area (Å²) in [5, 5.41) is 33.1. The number of carbonyl (C=O) groups is 1. The Balaban J connectivity index is 3.74. The lowest BCUT2D eigenvalue weighted by molar-refractivity contribution is -0.131. The summed E-state index contributed by atoms with van der Waals surface area (Å²) in [5.41, 5.74) is 0. The first kappa shape index (κ1) is 47.6. The monoisotopic (exact) mass is 690 g/mol. The highest BCUT2D eigenvalue weighted by molar-refractivity contribution is 5.80. The van der Waals surface area contributed by atoms with Crippen LogP contribution in [-0.4, -0.2) is 46.1 Å². The van der Waals surface area contributed by atoms with Gasteiger partial charge < -0.3 is 20.6 Å².